The number of benzene rings is 1. The number of hydrogen-bond acceptors (Lipinski definition) is 3. The summed E-state index contributed by atoms with van der Waals surface area (Å²) in [7, 11) is 0. The second-order valence-electron chi connectivity index (χ2n) is 5.24. The van der Waals surface area contributed by atoms with Crippen molar-refractivity contribution < 1.29 is 4.79 Å². The van der Waals surface area contributed by atoms with Gasteiger partial charge in [-0.1, -0.05) is 12.1 Å². The number of piperidine rings is 1. The predicted molar refractivity (Wildman–Crippen MR) is 84.4 cm³/mol. The van der Waals surface area contributed by atoms with Crippen LogP contribution in [0.5, 0.6) is 0 Å². The predicted octanol–water partition coefficient (Wildman–Crippen LogP) is 3.50. The molecule has 1 fully saturated rings. The Morgan fingerprint density at radius 3 is 3.00 bits per heavy atom. The highest BCUT2D eigenvalue weighted by molar-refractivity contribution is 7.98. The van der Waals surface area contributed by atoms with Gasteiger partial charge in [-0.3, -0.25) is 9.89 Å². The summed E-state index contributed by atoms with van der Waals surface area (Å²) in [4.78, 5) is 16.0. The molecule has 1 N–H and O–H groups in total. The molecule has 1 amide bonds. The Bertz CT molecular complexity index is 612. The molecule has 5 heteroatoms. The van der Waals surface area contributed by atoms with E-state index in [-0.39, 0.29) is 11.9 Å². The highest BCUT2D eigenvalue weighted by atomic mass is 32.2. The number of carbonyl (C=O) groups is 1. The summed E-state index contributed by atoms with van der Waals surface area (Å²) in [5.41, 5.74) is 1.91. The number of likely N-dealkylation sites (tertiary alicyclic amines) is 1. The van der Waals surface area contributed by atoms with Gasteiger partial charge in [0, 0.05) is 23.2 Å². The van der Waals surface area contributed by atoms with Gasteiger partial charge in [0.15, 0.2) is 0 Å². The van der Waals surface area contributed by atoms with Crippen molar-refractivity contribution in [1.29, 1.82) is 0 Å². The number of carbonyl (C=O) groups excluding carboxylic acids is 1. The van der Waals surface area contributed by atoms with Gasteiger partial charge in [-0.2, -0.15) is 5.10 Å². The Morgan fingerprint density at radius 1 is 1.38 bits per heavy atom. The van der Waals surface area contributed by atoms with E-state index < -0.39 is 0 Å². The lowest BCUT2D eigenvalue weighted by molar-refractivity contribution is 0.0608. The van der Waals surface area contributed by atoms with E-state index in [0.717, 1.165) is 41.8 Å². The van der Waals surface area contributed by atoms with E-state index in [1.807, 2.05) is 47.8 Å². The van der Waals surface area contributed by atoms with Crippen molar-refractivity contribution in [3.05, 3.63) is 47.8 Å². The number of aromatic amines is 1. The molecule has 2 aromatic rings. The highest BCUT2D eigenvalue weighted by Crippen LogP contribution is 2.33. The van der Waals surface area contributed by atoms with Crippen LogP contribution < -0.4 is 0 Å². The molecule has 1 saturated heterocycles. The number of H-pyrrole nitrogens is 1. The van der Waals surface area contributed by atoms with Crippen LogP contribution in [-0.4, -0.2) is 33.8 Å². The van der Waals surface area contributed by atoms with E-state index in [1.165, 1.54) is 0 Å². The van der Waals surface area contributed by atoms with Gasteiger partial charge >= 0.3 is 0 Å². The van der Waals surface area contributed by atoms with E-state index in [2.05, 4.69) is 10.2 Å². The van der Waals surface area contributed by atoms with Crippen LogP contribution in [0.4, 0.5) is 0 Å². The fraction of sp³-hybridized carbons (Fsp3) is 0.375. The number of rotatable bonds is 3. The SMILES string of the molecule is CSc1ccccc1C(=O)N1CCCC[C@H]1c1cn[nH]c1. The number of aromatic nitrogens is 2. The molecule has 0 spiro atoms. The van der Waals surface area contributed by atoms with Crippen molar-refractivity contribution in [2.75, 3.05) is 12.8 Å². The van der Waals surface area contributed by atoms with Gasteiger partial charge in [0.1, 0.15) is 0 Å². The van der Waals surface area contributed by atoms with E-state index in [0.29, 0.717) is 0 Å². The third-order valence-electron chi connectivity index (χ3n) is 4.01. The normalized spacial score (nSPS) is 18.7. The van der Waals surface area contributed by atoms with Gasteiger partial charge in [-0.15, -0.1) is 11.8 Å². The first kappa shape index (κ1) is 14.2. The Labute approximate surface area is 128 Å². The second kappa shape index (κ2) is 6.35. The van der Waals surface area contributed by atoms with E-state index in [4.69, 9.17) is 0 Å². The third-order valence-corrected chi connectivity index (χ3v) is 4.80. The van der Waals surface area contributed by atoms with Crippen LogP contribution in [0, 0.1) is 0 Å². The van der Waals surface area contributed by atoms with Crippen molar-refractivity contribution in [3.8, 4) is 0 Å². The summed E-state index contributed by atoms with van der Waals surface area (Å²) >= 11 is 1.62. The number of nitrogens with zero attached hydrogens (tertiary/aromatic N) is 2. The molecular weight excluding hydrogens is 282 g/mol. The van der Waals surface area contributed by atoms with Crippen molar-refractivity contribution in [3.63, 3.8) is 0 Å². The van der Waals surface area contributed by atoms with Crippen LogP contribution in [0.1, 0.15) is 41.2 Å². The molecule has 1 aromatic carbocycles. The first-order chi connectivity index (χ1) is 10.3. The first-order valence-corrected chi connectivity index (χ1v) is 8.46. The Morgan fingerprint density at radius 2 is 2.24 bits per heavy atom. The minimum Gasteiger partial charge on any atom is -0.331 e. The molecule has 1 aliphatic heterocycles. The molecule has 1 aromatic heterocycles. The fourth-order valence-electron chi connectivity index (χ4n) is 2.94. The Hall–Kier alpha value is -1.75. The van der Waals surface area contributed by atoms with E-state index in [1.54, 1.807) is 11.8 Å². The van der Waals surface area contributed by atoms with Crippen molar-refractivity contribution in [2.24, 2.45) is 0 Å². The smallest absolute Gasteiger partial charge is 0.255 e. The molecule has 0 bridgehead atoms. The molecular formula is C16H19N3OS. The molecule has 0 saturated carbocycles. The Kier molecular flexibility index (Phi) is 4.29. The first-order valence-electron chi connectivity index (χ1n) is 7.24. The number of amides is 1. The highest BCUT2D eigenvalue weighted by Gasteiger charge is 2.30. The maximum Gasteiger partial charge on any atom is 0.255 e. The van der Waals surface area contributed by atoms with Gasteiger partial charge in [0.05, 0.1) is 17.8 Å². The van der Waals surface area contributed by atoms with Crippen LogP contribution in [-0.2, 0) is 0 Å². The lowest BCUT2D eigenvalue weighted by Crippen LogP contribution is -2.38. The van der Waals surface area contributed by atoms with Gasteiger partial charge in [0.2, 0.25) is 0 Å². The van der Waals surface area contributed by atoms with Crippen molar-refractivity contribution in [2.45, 2.75) is 30.2 Å². The summed E-state index contributed by atoms with van der Waals surface area (Å²) < 4.78 is 0. The second-order valence-corrected chi connectivity index (χ2v) is 6.09. The molecule has 3 rings (SSSR count). The topological polar surface area (TPSA) is 49.0 Å². The fourth-order valence-corrected chi connectivity index (χ4v) is 3.53. The Balaban J connectivity index is 1.91. The third kappa shape index (κ3) is 2.83. The average Bonchev–Trinajstić information content (AvgIpc) is 3.08. The molecule has 110 valence electrons. The molecule has 4 nitrogen and oxygen atoms in total. The summed E-state index contributed by atoms with van der Waals surface area (Å²) in [6, 6.07) is 7.99. The maximum absolute atomic E-state index is 13.0. The standard InChI is InChI=1S/C16H19N3OS/c1-21-15-8-3-2-6-13(15)16(20)19-9-5-4-7-14(19)12-10-17-18-11-12/h2-3,6,8,10-11,14H,4-5,7,9H2,1H3,(H,17,18)/t14-/m0/s1. The largest absolute Gasteiger partial charge is 0.331 e. The van der Waals surface area contributed by atoms with Crippen LogP contribution in [0.3, 0.4) is 0 Å². The van der Waals surface area contributed by atoms with Gasteiger partial charge in [-0.05, 0) is 37.7 Å². The zero-order valence-electron chi connectivity index (χ0n) is 12.1. The summed E-state index contributed by atoms with van der Waals surface area (Å²) in [6.45, 7) is 0.817. The molecule has 0 unspecified atom stereocenters. The minimum absolute atomic E-state index is 0.130. The van der Waals surface area contributed by atoms with Crippen molar-refractivity contribution >= 4 is 17.7 Å². The molecule has 21 heavy (non-hydrogen) atoms. The average molecular weight is 301 g/mol. The molecule has 1 aliphatic rings. The maximum atomic E-state index is 13.0. The van der Waals surface area contributed by atoms with Crippen LogP contribution >= 0.6 is 11.8 Å². The molecule has 0 aliphatic carbocycles. The van der Waals surface area contributed by atoms with Crippen LogP contribution in [0.25, 0.3) is 0 Å². The summed E-state index contributed by atoms with van der Waals surface area (Å²) in [6.07, 6.45) is 8.97. The lowest BCUT2D eigenvalue weighted by atomic mass is 9.96. The quantitative estimate of drug-likeness (QED) is 0.883. The monoisotopic (exact) mass is 301 g/mol. The molecule has 0 radical (unpaired) electrons. The van der Waals surface area contributed by atoms with E-state index >= 15 is 0 Å². The zero-order chi connectivity index (χ0) is 14.7. The zero-order valence-corrected chi connectivity index (χ0v) is 12.9. The number of thioether (sulfide) groups is 1. The van der Waals surface area contributed by atoms with Crippen LogP contribution in [0.2, 0.25) is 0 Å². The molecule has 1 atom stereocenters. The number of nitrogens with one attached hydrogen (secondary N) is 1. The van der Waals surface area contributed by atoms with Crippen LogP contribution in [0.15, 0.2) is 41.6 Å². The number of hydrogen-bond donors (Lipinski definition) is 1. The summed E-state index contributed by atoms with van der Waals surface area (Å²) in [5, 5.41) is 6.89. The molecule has 2 heterocycles. The summed E-state index contributed by atoms with van der Waals surface area (Å²) in [5.74, 6) is 0.130. The van der Waals surface area contributed by atoms with Crippen molar-refractivity contribution in [1.82, 2.24) is 15.1 Å². The van der Waals surface area contributed by atoms with E-state index in [9.17, 15) is 4.79 Å². The van der Waals surface area contributed by atoms with Gasteiger partial charge in [-0.25, -0.2) is 0 Å². The minimum atomic E-state index is 0.130. The van der Waals surface area contributed by atoms with Gasteiger partial charge in [0.25, 0.3) is 5.91 Å². The van der Waals surface area contributed by atoms with Gasteiger partial charge < -0.3 is 4.90 Å². The lowest BCUT2D eigenvalue weighted by Gasteiger charge is -2.35.